The lowest BCUT2D eigenvalue weighted by molar-refractivity contribution is -0.141. The summed E-state index contributed by atoms with van der Waals surface area (Å²) in [6.45, 7) is -0.00235. The molecule has 0 aliphatic carbocycles. The summed E-state index contributed by atoms with van der Waals surface area (Å²) in [5.41, 5.74) is 1.09. The first-order valence-electron chi connectivity index (χ1n) is 6.06. The lowest BCUT2D eigenvalue weighted by atomic mass is 10.2. The van der Waals surface area contributed by atoms with E-state index in [-0.39, 0.29) is 13.0 Å². The fourth-order valence-electron chi connectivity index (χ4n) is 2.15. The second kappa shape index (κ2) is 5.63. The number of aliphatic hydroxyl groups is 1. The third kappa shape index (κ3) is 2.90. The molecule has 2 rings (SSSR count). The molecule has 0 saturated carbocycles. The number of hydrogen-bond acceptors (Lipinski definition) is 3. The van der Waals surface area contributed by atoms with Crippen molar-refractivity contribution in [2.45, 2.75) is 18.6 Å². The van der Waals surface area contributed by atoms with Gasteiger partial charge in [-0.2, -0.15) is 0 Å². The van der Waals surface area contributed by atoms with Crippen LogP contribution in [0.3, 0.4) is 0 Å². The summed E-state index contributed by atoms with van der Waals surface area (Å²) in [5.74, 6) is 1.31. The van der Waals surface area contributed by atoms with Crippen LogP contribution in [0.4, 0.5) is 10.5 Å². The largest absolute Gasteiger partial charge is 0.480 e. The van der Waals surface area contributed by atoms with Gasteiger partial charge < -0.3 is 20.4 Å². The first kappa shape index (κ1) is 13.9. The van der Waals surface area contributed by atoms with Gasteiger partial charge in [-0.05, 0) is 18.2 Å². The zero-order valence-electron chi connectivity index (χ0n) is 10.6. The van der Waals surface area contributed by atoms with Gasteiger partial charge in [0.15, 0.2) is 0 Å². The van der Waals surface area contributed by atoms with Gasteiger partial charge >= 0.3 is 12.0 Å². The van der Waals surface area contributed by atoms with Gasteiger partial charge in [-0.3, -0.25) is 0 Å². The summed E-state index contributed by atoms with van der Waals surface area (Å²) in [4.78, 5) is 24.2. The summed E-state index contributed by atoms with van der Waals surface area (Å²) in [7, 11) is 0. The Hall–Kier alpha value is -2.52. The van der Waals surface area contributed by atoms with Gasteiger partial charge in [0.2, 0.25) is 0 Å². The average Bonchev–Trinajstić information content (AvgIpc) is 2.81. The number of rotatable bonds is 2. The van der Waals surface area contributed by atoms with Crippen LogP contribution in [-0.4, -0.2) is 45.8 Å². The molecule has 6 heteroatoms. The molecule has 0 aromatic heterocycles. The number of likely N-dealkylation sites (tertiary alicyclic amines) is 1. The van der Waals surface area contributed by atoms with E-state index >= 15 is 0 Å². The fraction of sp³-hybridized carbons (Fsp3) is 0.286. The van der Waals surface area contributed by atoms with E-state index in [0.717, 1.165) is 4.90 Å². The Balaban J connectivity index is 2.11. The third-order valence-corrected chi connectivity index (χ3v) is 3.11. The van der Waals surface area contributed by atoms with Crippen LogP contribution in [0.2, 0.25) is 0 Å². The van der Waals surface area contributed by atoms with Gasteiger partial charge in [-0.1, -0.05) is 12.0 Å². The lowest BCUT2D eigenvalue weighted by Gasteiger charge is -2.21. The van der Waals surface area contributed by atoms with Crippen molar-refractivity contribution in [2.24, 2.45) is 0 Å². The molecule has 0 unspecified atom stereocenters. The maximum Gasteiger partial charge on any atom is 0.326 e. The molecule has 2 amide bonds. The molecule has 1 aliphatic heterocycles. The molecule has 6 nitrogen and oxygen atoms in total. The normalized spacial score (nSPS) is 21.3. The molecular formula is C14H14N2O4. The van der Waals surface area contributed by atoms with Crippen LogP contribution < -0.4 is 5.32 Å². The van der Waals surface area contributed by atoms with Crippen LogP contribution in [0.25, 0.3) is 0 Å². The molecule has 0 radical (unpaired) electrons. The topological polar surface area (TPSA) is 89.9 Å². The average molecular weight is 274 g/mol. The van der Waals surface area contributed by atoms with E-state index in [1.165, 1.54) is 0 Å². The minimum Gasteiger partial charge on any atom is -0.480 e. The van der Waals surface area contributed by atoms with E-state index in [1.54, 1.807) is 24.3 Å². The Morgan fingerprint density at radius 1 is 1.45 bits per heavy atom. The number of nitrogens with one attached hydrogen (secondary N) is 1. The fourth-order valence-corrected chi connectivity index (χ4v) is 2.15. The number of hydrogen-bond donors (Lipinski definition) is 3. The zero-order valence-corrected chi connectivity index (χ0v) is 10.6. The minimum absolute atomic E-state index is 0.00235. The molecule has 104 valence electrons. The molecule has 0 bridgehead atoms. The van der Waals surface area contributed by atoms with Gasteiger partial charge in [-0.15, -0.1) is 6.42 Å². The van der Waals surface area contributed by atoms with Crippen molar-refractivity contribution in [3.05, 3.63) is 29.8 Å². The van der Waals surface area contributed by atoms with Crippen LogP contribution in [0, 0.1) is 12.3 Å². The number of terminal acetylenes is 1. The number of carboxylic acid groups (broad SMARTS) is 1. The third-order valence-electron chi connectivity index (χ3n) is 3.11. The molecule has 1 saturated heterocycles. The van der Waals surface area contributed by atoms with Gasteiger partial charge in [0.05, 0.1) is 6.10 Å². The number of nitrogens with zero attached hydrogens (tertiary/aromatic N) is 1. The van der Waals surface area contributed by atoms with Gasteiger partial charge in [-0.25, -0.2) is 9.59 Å². The van der Waals surface area contributed by atoms with Crippen molar-refractivity contribution >= 4 is 17.7 Å². The predicted octanol–water partition coefficient (Wildman–Crippen LogP) is 0.720. The molecule has 1 heterocycles. The smallest absolute Gasteiger partial charge is 0.326 e. The van der Waals surface area contributed by atoms with Gasteiger partial charge in [0.25, 0.3) is 0 Å². The van der Waals surface area contributed by atoms with Crippen LogP contribution in [0.15, 0.2) is 24.3 Å². The number of carbonyl (C=O) groups is 2. The zero-order chi connectivity index (χ0) is 14.7. The Kier molecular flexibility index (Phi) is 3.91. The molecule has 1 fully saturated rings. The summed E-state index contributed by atoms with van der Waals surface area (Å²) in [5, 5.41) is 21.1. The molecule has 1 aromatic rings. The number of urea groups is 1. The predicted molar refractivity (Wildman–Crippen MR) is 72.1 cm³/mol. The van der Waals surface area contributed by atoms with Crippen molar-refractivity contribution in [1.29, 1.82) is 0 Å². The Bertz CT molecular complexity index is 579. The van der Waals surface area contributed by atoms with Crippen LogP contribution >= 0.6 is 0 Å². The van der Waals surface area contributed by atoms with Gasteiger partial charge in [0.1, 0.15) is 6.04 Å². The van der Waals surface area contributed by atoms with Gasteiger partial charge in [0, 0.05) is 24.2 Å². The van der Waals surface area contributed by atoms with Crippen molar-refractivity contribution in [2.75, 3.05) is 11.9 Å². The Morgan fingerprint density at radius 2 is 2.20 bits per heavy atom. The van der Waals surface area contributed by atoms with Crippen molar-refractivity contribution in [1.82, 2.24) is 4.90 Å². The molecule has 1 aliphatic rings. The summed E-state index contributed by atoms with van der Waals surface area (Å²) in [6.07, 6.45) is 4.48. The second-order valence-electron chi connectivity index (χ2n) is 4.55. The number of carbonyl (C=O) groups excluding carboxylic acids is 1. The van der Waals surface area contributed by atoms with E-state index in [9.17, 15) is 14.7 Å². The van der Waals surface area contributed by atoms with E-state index in [4.69, 9.17) is 11.5 Å². The Morgan fingerprint density at radius 3 is 2.85 bits per heavy atom. The van der Waals surface area contributed by atoms with E-state index in [2.05, 4.69) is 11.2 Å². The van der Waals surface area contributed by atoms with E-state index in [1.807, 2.05) is 0 Å². The molecule has 2 atom stereocenters. The van der Waals surface area contributed by atoms with Crippen LogP contribution in [0.5, 0.6) is 0 Å². The molecule has 20 heavy (non-hydrogen) atoms. The molecular weight excluding hydrogens is 260 g/mol. The maximum atomic E-state index is 12.1. The number of benzene rings is 1. The number of carboxylic acids is 1. The molecule has 1 aromatic carbocycles. The number of anilines is 1. The van der Waals surface area contributed by atoms with Crippen LogP contribution in [-0.2, 0) is 4.79 Å². The number of aliphatic hydroxyl groups excluding tert-OH is 1. The Labute approximate surface area is 116 Å². The minimum atomic E-state index is -1.13. The monoisotopic (exact) mass is 274 g/mol. The molecule has 0 spiro atoms. The number of aliphatic carboxylic acids is 1. The highest BCUT2D eigenvalue weighted by Gasteiger charge is 2.38. The lowest BCUT2D eigenvalue weighted by Crippen LogP contribution is -2.43. The highest BCUT2D eigenvalue weighted by molar-refractivity contribution is 5.93. The first-order chi connectivity index (χ1) is 9.51. The van der Waals surface area contributed by atoms with Crippen molar-refractivity contribution in [3.63, 3.8) is 0 Å². The standard InChI is InChI=1S/C14H14N2O4/c1-2-9-4-3-5-10(6-9)15-14(20)16-8-11(17)7-12(16)13(18)19/h1,3-6,11-12,17H,7-8H2,(H,15,20)(H,18,19)/t11-,12-/m0/s1. The SMILES string of the molecule is C#Cc1cccc(NC(=O)N2C[C@@H](O)C[C@H]2C(=O)O)c1. The van der Waals surface area contributed by atoms with E-state index < -0.39 is 24.1 Å². The summed E-state index contributed by atoms with van der Waals surface area (Å²) >= 11 is 0. The summed E-state index contributed by atoms with van der Waals surface area (Å²) < 4.78 is 0. The van der Waals surface area contributed by atoms with Crippen molar-refractivity contribution in [3.8, 4) is 12.3 Å². The highest BCUT2D eigenvalue weighted by Crippen LogP contribution is 2.20. The molecule has 3 N–H and O–H groups in total. The quantitative estimate of drug-likeness (QED) is 0.693. The number of amides is 2. The second-order valence-corrected chi connectivity index (χ2v) is 4.55. The highest BCUT2D eigenvalue weighted by atomic mass is 16.4. The van der Waals surface area contributed by atoms with E-state index in [0.29, 0.717) is 11.3 Å². The first-order valence-corrected chi connectivity index (χ1v) is 6.06. The van der Waals surface area contributed by atoms with Crippen LogP contribution in [0.1, 0.15) is 12.0 Å². The van der Waals surface area contributed by atoms with Crippen molar-refractivity contribution < 1.29 is 19.8 Å². The summed E-state index contributed by atoms with van der Waals surface area (Å²) in [6, 6.07) is 5.10. The number of β-amino-alcohol motifs (C(OH)–C–C–N with tert-alkyl or cyclic N) is 1. The maximum absolute atomic E-state index is 12.1.